The van der Waals surface area contributed by atoms with Crippen LogP contribution in [0.5, 0.6) is 0 Å². The second-order valence-electron chi connectivity index (χ2n) is 5.43. The molecule has 1 aromatic carbocycles. The summed E-state index contributed by atoms with van der Waals surface area (Å²) in [6.45, 7) is 4.21. The summed E-state index contributed by atoms with van der Waals surface area (Å²) in [7, 11) is 0. The summed E-state index contributed by atoms with van der Waals surface area (Å²) >= 11 is 5.83. The van der Waals surface area contributed by atoms with Crippen molar-refractivity contribution in [2.24, 2.45) is 5.92 Å². The smallest absolute Gasteiger partial charge is 0.292 e. The fourth-order valence-electron chi connectivity index (χ4n) is 2.38. The van der Waals surface area contributed by atoms with Crippen LogP contribution in [0, 0.1) is 16.0 Å². The molecule has 2 rings (SSSR count). The predicted octanol–water partition coefficient (Wildman–Crippen LogP) is 2.92. The standard InChI is InChI=1S/C14H18ClN3O3/c1-10-4-6-17(7-5-10)9-14(19)16-12-8-11(15)2-3-13(12)18(20)21/h2-3,8,10H,4-7,9H2,1H3,(H,16,19). The van der Waals surface area contributed by atoms with Gasteiger partial charge in [-0.15, -0.1) is 0 Å². The number of halogens is 1. The van der Waals surface area contributed by atoms with Crippen molar-refractivity contribution in [2.75, 3.05) is 25.0 Å². The Hall–Kier alpha value is -1.66. The van der Waals surface area contributed by atoms with Crippen LogP contribution in [-0.2, 0) is 4.79 Å². The summed E-state index contributed by atoms with van der Waals surface area (Å²) in [6, 6.07) is 4.12. The molecule has 21 heavy (non-hydrogen) atoms. The number of benzene rings is 1. The average molecular weight is 312 g/mol. The van der Waals surface area contributed by atoms with Gasteiger partial charge in [-0.25, -0.2) is 0 Å². The van der Waals surface area contributed by atoms with Gasteiger partial charge in [0.2, 0.25) is 5.91 Å². The van der Waals surface area contributed by atoms with Crippen molar-refractivity contribution in [1.29, 1.82) is 0 Å². The van der Waals surface area contributed by atoms with Gasteiger partial charge in [0.1, 0.15) is 5.69 Å². The van der Waals surface area contributed by atoms with Gasteiger partial charge in [0.15, 0.2) is 0 Å². The first-order chi connectivity index (χ1) is 9.95. The molecule has 6 nitrogen and oxygen atoms in total. The van der Waals surface area contributed by atoms with E-state index >= 15 is 0 Å². The molecule has 7 heteroatoms. The maximum atomic E-state index is 12.0. The summed E-state index contributed by atoms with van der Waals surface area (Å²) in [5.41, 5.74) is -0.0112. The third-order valence-corrected chi connectivity index (χ3v) is 3.91. The summed E-state index contributed by atoms with van der Waals surface area (Å²) in [6.07, 6.45) is 2.15. The Labute approximate surface area is 128 Å². The molecule has 1 aliphatic heterocycles. The topological polar surface area (TPSA) is 75.5 Å². The summed E-state index contributed by atoms with van der Waals surface area (Å²) in [4.78, 5) is 24.5. The SMILES string of the molecule is CC1CCN(CC(=O)Nc2cc(Cl)ccc2[N+](=O)[O-])CC1. The molecule has 1 amide bonds. The van der Waals surface area contributed by atoms with Crippen molar-refractivity contribution in [3.63, 3.8) is 0 Å². The molecule has 1 aliphatic rings. The van der Waals surface area contributed by atoms with E-state index < -0.39 is 4.92 Å². The Bertz CT molecular complexity index is 542. The first kappa shape index (κ1) is 15.7. The van der Waals surface area contributed by atoms with E-state index in [4.69, 9.17) is 11.6 Å². The van der Waals surface area contributed by atoms with Gasteiger partial charge in [0, 0.05) is 11.1 Å². The minimum absolute atomic E-state index is 0.142. The monoisotopic (exact) mass is 311 g/mol. The van der Waals surface area contributed by atoms with Crippen molar-refractivity contribution in [3.05, 3.63) is 33.3 Å². The van der Waals surface area contributed by atoms with E-state index in [0.717, 1.165) is 25.9 Å². The third kappa shape index (κ3) is 4.41. The molecule has 114 valence electrons. The van der Waals surface area contributed by atoms with Crippen molar-refractivity contribution in [2.45, 2.75) is 19.8 Å². The number of hydrogen-bond donors (Lipinski definition) is 1. The van der Waals surface area contributed by atoms with Gasteiger partial charge in [-0.05, 0) is 44.0 Å². The number of likely N-dealkylation sites (tertiary alicyclic amines) is 1. The Balaban J connectivity index is 1.99. The maximum Gasteiger partial charge on any atom is 0.292 e. The van der Waals surface area contributed by atoms with Gasteiger partial charge in [-0.3, -0.25) is 19.8 Å². The van der Waals surface area contributed by atoms with Crippen LogP contribution >= 0.6 is 11.6 Å². The summed E-state index contributed by atoms with van der Waals surface area (Å²) < 4.78 is 0. The zero-order valence-electron chi connectivity index (χ0n) is 11.8. The van der Waals surface area contributed by atoms with Crippen molar-refractivity contribution < 1.29 is 9.72 Å². The van der Waals surface area contributed by atoms with Crippen LogP contribution in [-0.4, -0.2) is 35.4 Å². The van der Waals surface area contributed by atoms with E-state index in [9.17, 15) is 14.9 Å². The lowest BCUT2D eigenvalue weighted by molar-refractivity contribution is -0.383. The average Bonchev–Trinajstić information content (AvgIpc) is 2.41. The van der Waals surface area contributed by atoms with Crippen molar-refractivity contribution >= 4 is 28.9 Å². The lowest BCUT2D eigenvalue weighted by atomic mass is 9.99. The normalized spacial score (nSPS) is 16.7. The van der Waals surface area contributed by atoms with E-state index in [1.54, 1.807) is 0 Å². The number of nitrogens with zero attached hydrogens (tertiary/aromatic N) is 2. The predicted molar refractivity (Wildman–Crippen MR) is 81.6 cm³/mol. The molecule has 0 atom stereocenters. The van der Waals surface area contributed by atoms with Crippen molar-refractivity contribution in [1.82, 2.24) is 4.90 Å². The molecular formula is C14H18ClN3O3. The summed E-state index contributed by atoms with van der Waals surface area (Å²) in [5.74, 6) is 0.438. The van der Waals surface area contributed by atoms with Crippen LogP contribution in [0.1, 0.15) is 19.8 Å². The second kappa shape index (κ2) is 6.87. The first-order valence-corrected chi connectivity index (χ1v) is 7.29. The molecular weight excluding hydrogens is 294 g/mol. The van der Waals surface area contributed by atoms with Crippen LogP contribution in [0.4, 0.5) is 11.4 Å². The Morgan fingerprint density at radius 1 is 1.48 bits per heavy atom. The molecule has 0 spiro atoms. The molecule has 1 heterocycles. The molecule has 1 aromatic rings. The minimum atomic E-state index is -0.533. The lowest BCUT2D eigenvalue weighted by Gasteiger charge is -2.29. The van der Waals surface area contributed by atoms with E-state index in [1.165, 1.54) is 18.2 Å². The second-order valence-corrected chi connectivity index (χ2v) is 5.86. The van der Waals surface area contributed by atoms with Gasteiger partial charge in [0.05, 0.1) is 11.5 Å². The Morgan fingerprint density at radius 3 is 2.76 bits per heavy atom. The fraction of sp³-hybridized carbons (Fsp3) is 0.500. The van der Waals surface area contributed by atoms with Crippen LogP contribution in [0.3, 0.4) is 0 Å². The highest BCUT2D eigenvalue weighted by molar-refractivity contribution is 6.31. The Kier molecular flexibility index (Phi) is 5.14. The molecule has 0 aromatic heterocycles. The number of nitrogens with one attached hydrogen (secondary N) is 1. The number of rotatable bonds is 4. The molecule has 1 N–H and O–H groups in total. The highest BCUT2D eigenvalue weighted by Crippen LogP contribution is 2.27. The van der Waals surface area contributed by atoms with Crippen molar-refractivity contribution in [3.8, 4) is 0 Å². The fourth-order valence-corrected chi connectivity index (χ4v) is 2.55. The van der Waals surface area contributed by atoms with E-state index in [1.807, 2.05) is 0 Å². The molecule has 0 radical (unpaired) electrons. The Morgan fingerprint density at radius 2 is 2.14 bits per heavy atom. The summed E-state index contributed by atoms with van der Waals surface area (Å²) in [5, 5.41) is 13.9. The zero-order valence-corrected chi connectivity index (χ0v) is 12.6. The zero-order chi connectivity index (χ0) is 15.4. The quantitative estimate of drug-likeness (QED) is 0.685. The number of anilines is 1. The third-order valence-electron chi connectivity index (χ3n) is 3.67. The van der Waals surface area contributed by atoms with Crippen LogP contribution in [0.15, 0.2) is 18.2 Å². The van der Waals surface area contributed by atoms with E-state index in [0.29, 0.717) is 10.9 Å². The van der Waals surface area contributed by atoms with Crippen LogP contribution in [0.2, 0.25) is 5.02 Å². The number of nitro benzene ring substituents is 1. The molecule has 0 unspecified atom stereocenters. The number of amides is 1. The maximum absolute atomic E-state index is 12.0. The minimum Gasteiger partial charge on any atom is -0.319 e. The molecule has 0 bridgehead atoms. The molecule has 0 aliphatic carbocycles. The number of piperidine rings is 1. The number of nitro groups is 1. The first-order valence-electron chi connectivity index (χ1n) is 6.92. The number of carbonyl (C=O) groups is 1. The van der Waals surface area contributed by atoms with Gasteiger partial charge in [0.25, 0.3) is 5.69 Å². The van der Waals surface area contributed by atoms with Crippen LogP contribution in [0.25, 0.3) is 0 Å². The van der Waals surface area contributed by atoms with Gasteiger partial charge >= 0.3 is 0 Å². The number of hydrogen-bond acceptors (Lipinski definition) is 4. The van der Waals surface area contributed by atoms with Gasteiger partial charge in [-0.1, -0.05) is 18.5 Å². The van der Waals surface area contributed by atoms with Gasteiger partial charge < -0.3 is 5.32 Å². The highest BCUT2D eigenvalue weighted by Gasteiger charge is 2.20. The highest BCUT2D eigenvalue weighted by atomic mass is 35.5. The van der Waals surface area contributed by atoms with E-state index in [-0.39, 0.29) is 23.8 Å². The molecule has 0 saturated carbocycles. The van der Waals surface area contributed by atoms with Gasteiger partial charge in [-0.2, -0.15) is 0 Å². The lowest BCUT2D eigenvalue weighted by Crippen LogP contribution is -2.38. The van der Waals surface area contributed by atoms with Crippen LogP contribution < -0.4 is 5.32 Å². The largest absolute Gasteiger partial charge is 0.319 e. The van der Waals surface area contributed by atoms with E-state index in [2.05, 4.69) is 17.1 Å². The number of carbonyl (C=O) groups excluding carboxylic acids is 1. The molecule has 1 fully saturated rings. The molecule has 1 saturated heterocycles.